The maximum absolute atomic E-state index is 14.5. The molecule has 0 atom stereocenters. The molecule has 0 saturated heterocycles. The van der Waals surface area contributed by atoms with Crippen LogP contribution in [0.5, 0.6) is 5.75 Å². The maximum atomic E-state index is 14.5. The van der Waals surface area contributed by atoms with Gasteiger partial charge in [0.1, 0.15) is 11.6 Å². The van der Waals surface area contributed by atoms with Crippen LogP contribution in [0.2, 0.25) is 0 Å². The minimum Gasteiger partial charge on any atom is -0.493 e. The molecule has 0 aliphatic carbocycles. The molecule has 2 N–H and O–H groups in total. The van der Waals surface area contributed by atoms with Crippen molar-refractivity contribution in [3.05, 3.63) is 76.9 Å². The van der Waals surface area contributed by atoms with Gasteiger partial charge in [-0.15, -0.1) is 0 Å². The second-order valence-corrected chi connectivity index (χ2v) is 7.05. The van der Waals surface area contributed by atoms with E-state index in [9.17, 15) is 9.50 Å². The number of benzene rings is 1. The van der Waals surface area contributed by atoms with Crippen molar-refractivity contribution in [2.24, 2.45) is 0 Å². The predicted molar refractivity (Wildman–Crippen MR) is 111 cm³/mol. The van der Waals surface area contributed by atoms with Gasteiger partial charge in [0.05, 0.1) is 24.5 Å². The van der Waals surface area contributed by atoms with E-state index in [1.165, 1.54) is 6.07 Å². The highest BCUT2D eigenvalue weighted by Crippen LogP contribution is 2.31. The number of aliphatic hydroxyl groups excluding tert-OH is 1. The fourth-order valence-electron chi connectivity index (χ4n) is 3.70. The monoisotopic (exact) mass is 416 g/mol. The molecule has 1 aliphatic rings. The first-order valence-electron chi connectivity index (χ1n) is 9.66. The molecule has 0 spiro atoms. The van der Waals surface area contributed by atoms with E-state index < -0.39 is 0 Å². The number of pyridine rings is 1. The highest BCUT2D eigenvalue weighted by molar-refractivity contribution is 5.79. The van der Waals surface area contributed by atoms with Crippen molar-refractivity contribution >= 4 is 17.4 Å². The summed E-state index contributed by atoms with van der Waals surface area (Å²) in [6.07, 6.45) is 5.52. The van der Waals surface area contributed by atoms with Gasteiger partial charge in [-0.1, -0.05) is 17.6 Å². The summed E-state index contributed by atoms with van der Waals surface area (Å²) in [5.41, 5.74) is 3.94. The number of imidazole rings is 1. The topological polar surface area (TPSA) is 88.9 Å². The zero-order valence-corrected chi connectivity index (χ0v) is 16.3. The van der Waals surface area contributed by atoms with Crippen molar-refractivity contribution in [3.63, 3.8) is 0 Å². The van der Waals surface area contributed by atoms with E-state index in [0.717, 1.165) is 11.1 Å². The van der Waals surface area contributed by atoms with E-state index in [1.807, 2.05) is 6.07 Å². The van der Waals surface area contributed by atoms with Crippen molar-refractivity contribution in [2.75, 3.05) is 11.9 Å². The highest BCUT2D eigenvalue weighted by atomic mass is 19.1. The second kappa shape index (κ2) is 7.66. The van der Waals surface area contributed by atoms with E-state index in [1.54, 1.807) is 35.1 Å². The lowest BCUT2D eigenvalue weighted by Crippen LogP contribution is -2.09. The number of rotatable bonds is 5. The Morgan fingerprint density at radius 1 is 1.23 bits per heavy atom. The van der Waals surface area contributed by atoms with Crippen molar-refractivity contribution < 1.29 is 14.2 Å². The maximum Gasteiger partial charge on any atom is 0.288 e. The molecule has 154 valence electrons. The molecule has 1 aromatic carbocycles. The number of aliphatic hydroxyl groups is 1. The number of nitrogens with one attached hydrogen (secondary N) is 1. The van der Waals surface area contributed by atoms with Gasteiger partial charge in [0.2, 0.25) is 11.6 Å². The molecule has 3 aromatic heterocycles. The molecule has 0 fully saturated rings. The Balaban J connectivity index is 1.53. The molecule has 5 rings (SSSR count). The van der Waals surface area contributed by atoms with Crippen LogP contribution in [0.3, 0.4) is 0 Å². The fourth-order valence-corrected chi connectivity index (χ4v) is 3.70. The first-order chi connectivity index (χ1) is 15.2. The van der Waals surface area contributed by atoms with E-state index in [2.05, 4.69) is 25.1 Å². The third-order valence-electron chi connectivity index (χ3n) is 5.25. The lowest BCUT2D eigenvalue weighted by Gasteiger charge is -2.12. The molecular formula is C22H17FN6O2. The molecule has 0 unspecified atom stereocenters. The normalized spacial score (nSPS) is 12.4. The molecular weight excluding hydrogens is 399 g/mol. The van der Waals surface area contributed by atoms with Crippen molar-refractivity contribution in [3.8, 4) is 16.9 Å². The number of halogens is 1. The van der Waals surface area contributed by atoms with Crippen LogP contribution in [0.15, 0.2) is 42.9 Å². The molecule has 31 heavy (non-hydrogen) atoms. The van der Waals surface area contributed by atoms with Crippen LogP contribution in [-0.2, 0) is 19.6 Å². The van der Waals surface area contributed by atoms with E-state index in [0.29, 0.717) is 47.2 Å². The standard InChI is InChI=1S/C22H17FN6O2/c1-24-20-11-29-21(28-20)16(13-2-3-14(12-30)25-8-13)9-26-22(29)27-10-17-15-6-7-31-19(15)5-4-18(17)23/h2-5,8-9,11,30H,6-7,10,12H2,(H,26,27). The smallest absolute Gasteiger partial charge is 0.288 e. The largest absolute Gasteiger partial charge is 0.493 e. The minimum atomic E-state index is -0.299. The van der Waals surface area contributed by atoms with Gasteiger partial charge >= 0.3 is 0 Å². The number of nitrogens with zero attached hydrogens (tertiary/aromatic N) is 5. The Kier molecular flexibility index (Phi) is 4.69. The summed E-state index contributed by atoms with van der Waals surface area (Å²) in [4.78, 5) is 16.5. The van der Waals surface area contributed by atoms with Crippen molar-refractivity contribution in [2.45, 2.75) is 19.6 Å². The van der Waals surface area contributed by atoms with Crippen molar-refractivity contribution in [1.29, 1.82) is 0 Å². The quantitative estimate of drug-likeness (QED) is 0.484. The molecule has 4 heterocycles. The van der Waals surface area contributed by atoms with Gasteiger partial charge in [-0.25, -0.2) is 9.37 Å². The molecule has 9 heteroatoms. The fraction of sp³-hybridized carbons (Fsp3) is 0.182. The van der Waals surface area contributed by atoms with Gasteiger partial charge in [0, 0.05) is 48.2 Å². The highest BCUT2D eigenvalue weighted by Gasteiger charge is 2.21. The van der Waals surface area contributed by atoms with Crippen LogP contribution < -0.4 is 10.1 Å². The lowest BCUT2D eigenvalue weighted by atomic mass is 10.0. The van der Waals surface area contributed by atoms with Crippen LogP contribution in [-0.4, -0.2) is 31.1 Å². The summed E-state index contributed by atoms with van der Waals surface area (Å²) >= 11 is 0. The Morgan fingerprint density at radius 2 is 2.13 bits per heavy atom. The van der Waals surface area contributed by atoms with Gasteiger partial charge < -0.3 is 20.0 Å². The summed E-state index contributed by atoms with van der Waals surface area (Å²) in [5.74, 6) is 1.07. The Hall–Kier alpha value is -4.03. The summed E-state index contributed by atoms with van der Waals surface area (Å²) in [7, 11) is 0. The van der Waals surface area contributed by atoms with E-state index in [-0.39, 0.29) is 24.8 Å². The minimum absolute atomic E-state index is 0.146. The Morgan fingerprint density at radius 3 is 2.90 bits per heavy atom. The van der Waals surface area contributed by atoms with Gasteiger partial charge in [-0.2, -0.15) is 0 Å². The number of hydrogen-bond donors (Lipinski definition) is 2. The number of aromatic nitrogens is 4. The van der Waals surface area contributed by atoms with Gasteiger partial charge in [0.25, 0.3) is 5.82 Å². The van der Waals surface area contributed by atoms with Gasteiger partial charge in [0.15, 0.2) is 0 Å². The SMILES string of the molecule is [C-]#[N+]c1cn2c(NCc3c(F)ccc4c3CCO4)ncc(-c3ccc(CO)nc3)c2n1. The summed E-state index contributed by atoms with van der Waals surface area (Å²) in [5, 5.41) is 12.4. The summed E-state index contributed by atoms with van der Waals surface area (Å²) < 4.78 is 21.7. The lowest BCUT2D eigenvalue weighted by molar-refractivity contribution is 0.277. The molecule has 0 amide bonds. The number of fused-ring (bicyclic) bond motifs is 2. The molecule has 8 nitrogen and oxygen atoms in total. The Labute approximate surface area is 176 Å². The summed E-state index contributed by atoms with van der Waals surface area (Å²) in [6.45, 7) is 7.95. The molecule has 0 bridgehead atoms. The molecule has 0 saturated carbocycles. The van der Waals surface area contributed by atoms with E-state index >= 15 is 0 Å². The van der Waals surface area contributed by atoms with Crippen LogP contribution in [0, 0.1) is 12.4 Å². The molecule has 4 aromatic rings. The third kappa shape index (κ3) is 3.33. The van der Waals surface area contributed by atoms with E-state index in [4.69, 9.17) is 11.3 Å². The van der Waals surface area contributed by atoms with Crippen molar-refractivity contribution in [1.82, 2.24) is 19.4 Å². The van der Waals surface area contributed by atoms with Gasteiger partial charge in [-0.05, 0) is 18.2 Å². The zero-order valence-electron chi connectivity index (χ0n) is 16.3. The number of hydrogen-bond acceptors (Lipinski definition) is 6. The average molecular weight is 416 g/mol. The van der Waals surface area contributed by atoms with Crippen LogP contribution in [0.25, 0.3) is 21.6 Å². The first kappa shape index (κ1) is 19.0. The molecule has 1 aliphatic heterocycles. The van der Waals surface area contributed by atoms with Gasteiger partial charge in [-0.3, -0.25) is 9.38 Å². The average Bonchev–Trinajstić information content (AvgIpc) is 3.45. The first-order valence-corrected chi connectivity index (χ1v) is 9.66. The third-order valence-corrected chi connectivity index (χ3v) is 5.25. The van der Waals surface area contributed by atoms with Crippen LogP contribution in [0.1, 0.15) is 16.8 Å². The number of anilines is 1. The van der Waals surface area contributed by atoms with Crippen LogP contribution in [0.4, 0.5) is 16.2 Å². The number of ether oxygens (including phenoxy) is 1. The zero-order chi connectivity index (χ0) is 21.4. The second-order valence-electron chi connectivity index (χ2n) is 7.05. The summed E-state index contributed by atoms with van der Waals surface area (Å²) in [6, 6.07) is 6.60. The van der Waals surface area contributed by atoms with Crippen LogP contribution >= 0.6 is 0 Å². The Bertz CT molecular complexity index is 1330. The molecule has 0 radical (unpaired) electrons. The predicted octanol–water partition coefficient (Wildman–Crippen LogP) is 3.52.